The Labute approximate surface area is 119 Å². The minimum atomic E-state index is -0.868. The van der Waals surface area contributed by atoms with E-state index in [1.165, 1.54) is 0 Å². The Morgan fingerprint density at radius 1 is 1.20 bits per heavy atom. The van der Waals surface area contributed by atoms with Crippen LogP contribution in [0.3, 0.4) is 0 Å². The van der Waals surface area contributed by atoms with E-state index in [-0.39, 0.29) is 0 Å². The van der Waals surface area contributed by atoms with Crippen molar-refractivity contribution in [3.63, 3.8) is 0 Å². The number of carbonyl (C=O) groups is 1. The van der Waals surface area contributed by atoms with Crippen molar-refractivity contribution in [2.45, 2.75) is 12.8 Å². The fraction of sp³-hybridized carbons (Fsp3) is 0.533. The number of rotatable bonds is 11. The average Bonchev–Trinajstić information content (AvgIpc) is 2.46. The van der Waals surface area contributed by atoms with E-state index in [0.717, 1.165) is 25.1 Å². The molecule has 0 saturated carbocycles. The molecule has 1 aromatic carbocycles. The number of nitrogens with one attached hydrogen (secondary N) is 1. The predicted octanol–water partition coefficient (Wildman–Crippen LogP) is 1.57. The molecular formula is C15H23NO4. The van der Waals surface area contributed by atoms with Gasteiger partial charge in [-0.25, -0.2) is 4.79 Å². The predicted molar refractivity (Wildman–Crippen MR) is 77.3 cm³/mol. The number of aromatic carboxylic acids is 1. The van der Waals surface area contributed by atoms with E-state index in [4.69, 9.17) is 14.6 Å². The molecular weight excluding hydrogens is 258 g/mol. The summed E-state index contributed by atoms with van der Waals surface area (Å²) in [6, 6.07) is 7.11. The van der Waals surface area contributed by atoms with Gasteiger partial charge in [0.2, 0.25) is 0 Å². The second kappa shape index (κ2) is 10.4. The second-order valence-corrected chi connectivity index (χ2v) is 4.42. The normalized spacial score (nSPS) is 10.7. The molecule has 0 atom stereocenters. The van der Waals surface area contributed by atoms with E-state index in [1.54, 1.807) is 19.2 Å². The van der Waals surface area contributed by atoms with E-state index in [0.29, 0.717) is 31.8 Å². The maximum Gasteiger partial charge on any atom is 0.335 e. The lowest BCUT2D eigenvalue weighted by Gasteiger charge is -2.08. The highest BCUT2D eigenvalue weighted by molar-refractivity contribution is 5.89. The highest BCUT2D eigenvalue weighted by Gasteiger charge is 2.07. The van der Waals surface area contributed by atoms with E-state index in [1.807, 2.05) is 12.1 Å². The summed E-state index contributed by atoms with van der Waals surface area (Å²) in [5, 5.41) is 12.3. The number of carboxylic acids is 1. The number of hydrogen-bond acceptors (Lipinski definition) is 4. The molecule has 0 aromatic heterocycles. The molecule has 0 heterocycles. The zero-order valence-electron chi connectivity index (χ0n) is 11.9. The largest absolute Gasteiger partial charge is 0.478 e. The van der Waals surface area contributed by atoms with Crippen LogP contribution in [0.4, 0.5) is 0 Å². The van der Waals surface area contributed by atoms with Crippen molar-refractivity contribution in [1.29, 1.82) is 0 Å². The van der Waals surface area contributed by atoms with Gasteiger partial charge in [0, 0.05) is 13.7 Å². The number of benzene rings is 1. The topological polar surface area (TPSA) is 67.8 Å². The number of carboxylic acid groups (broad SMARTS) is 1. The van der Waals surface area contributed by atoms with Crippen LogP contribution in [0.5, 0.6) is 0 Å². The Bertz CT molecular complexity index is 395. The van der Waals surface area contributed by atoms with Crippen molar-refractivity contribution < 1.29 is 19.4 Å². The molecule has 0 bridgehead atoms. The van der Waals surface area contributed by atoms with Gasteiger partial charge in [0.15, 0.2) is 0 Å². The van der Waals surface area contributed by atoms with Crippen LogP contribution in [-0.4, -0.2) is 51.1 Å². The average molecular weight is 281 g/mol. The number of hydrogen-bond donors (Lipinski definition) is 2. The van der Waals surface area contributed by atoms with Crippen LogP contribution in [0.15, 0.2) is 24.3 Å². The van der Waals surface area contributed by atoms with Crippen LogP contribution in [0.1, 0.15) is 22.3 Å². The molecule has 0 aliphatic carbocycles. The minimum Gasteiger partial charge on any atom is -0.478 e. The zero-order chi connectivity index (χ0) is 14.6. The van der Waals surface area contributed by atoms with Crippen LogP contribution in [0.2, 0.25) is 0 Å². The summed E-state index contributed by atoms with van der Waals surface area (Å²) in [4.78, 5) is 11.0. The summed E-state index contributed by atoms with van der Waals surface area (Å²) < 4.78 is 10.2. The molecule has 0 fully saturated rings. The Hall–Kier alpha value is -1.43. The molecule has 0 aliphatic rings. The molecule has 0 amide bonds. The Morgan fingerprint density at radius 2 is 2.00 bits per heavy atom. The van der Waals surface area contributed by atoms with Crippen molar-refractivity contribution in [3.05, 3.63) is 35.4 Å². The van der Waals surface area contributed by atoms with Gasteiger partial charge in [-0.15, -0.1) is 0 Å². The zero-order valence-corrected chi connectivity index (χ0v) is 11.9. The minimum absolute atomic E-state index is 0.386. The van der Waals surface area contributed by atoms with Gasteiger partial charge in [-0.2, -0.15) is 0 Å². The molecule has 0 saturated heterocycles. The van der Waals surface area contributed by atoms with Gasteiger partial charge < -0.3 is 19.9 Å². The van der Waals surface area contributed by atoms with E-state index in [9.17, 15) is 4.79 Å². The first-order valence-electron chi connectivity index (χ1n) is 6.84. The van der Waals surface area contributed by atoms with Crippen LogP contribution >= 0.6 is 0 Å². The highest BCUT2D eigenvalue weighted by Crippen LogP contribution is 2.08. The van der Waals surface area contributed by atoms with Crippen molar-refractivity contribution in [2.75, 3.05) is 40.0 Å². The SMILES string of the molecule is COCCOCCCNCCc1ccccc1C(=O)O. The third-order valence-corrected chi connectivity index (χ3v) is 2.89. The van der Waals surface area contributed by atoms with E-state index < -0.39 is 5.97 Å². The number of methoxy groups -OCH3 is 1. The maximum atomic E-state index is 11.0. The van der Waals surface area contributed by atoms with Crippen molar-refractivity contribution in [3.8, 4) is 0 Å². The third kappa shape index (κ3) is 6.65. The van der Waals surface area contributed by atoms with Crippen molar-refractivity contribution in [2.24, 2.45) is 0 Å². The van der Waals surface area contributed by atoms with Gasteiger partial charge in [0.25, 0.3) is 0 Å². The maximum absolute atomic E-state index is 11.0. The van der Waals surface area contributed by atoms with Gasteiger partial charge in [-0.3, -0.25) is 0 Å². The molecule has 0 radical (unpaired) electrons. The molecule has 1 rings (SSSR count). The van der Waals surface area contributed by atoms with Gasteiger partial charge >= 0.3 is 5.97 Å². The van der Waals surface area contributed by atoms with Crippen LogP contribution < -0.4 is 5.32 Å². The lowest BCUT2D eigenvalue weighted by molar-refractivity contribution is 0.0695. The molecule has 5 nitrogen and oxygen atoms in total. The second-order valence-electron chi connectivity index (χ2n) is 4.42. The van der Waals surface area contributed by atoms with E-state index >= 15 is 0 Å². The first-order valence-corrected chi connectivity index (χ1v) is 6.84. The first kappa shape index (κ1) is 16.6. The highest BCUT2D eigenvalue weighted by atomic mass is 16.5. The van der Waals surface area contributed by atoms with Crippen molar-refractivity contribution >= 4 is 5.97 Å². The number of ether oxygens (including phenoxy) is 2. The quantitative estimate of drug-likeness (QED) is 0.603. The molecule has 1 aromatic rings. The van der Waals surface area contributed by atoms with Crippen LogP contribution in [-0.2, 0) is 15.9 Å². The lowest BCUT2D eigenvalue weighted by atomic mass is 10.0. The summed E-state index contributed by atoms with van der Waals surface area (Å²) in [6.07, 6.45) is 1.65. The van der Waals surface area contributed by atoms with Gasteiger partial charge in [-0.1, -0.05) is 18.2 Å². The molecule has 112 valence electrons. The van der Waals surface area contributed by atoms with Gasteiger partial charge in [0.1, 0.15) is 0 Å². The Morgan fingerprint density at radius 3 is 2.75 bits per heavy atom. The van der Waals surface area contributed by atoms with Crippen LogP contribution in [0, 0.1) is 0 Å². The Balaban J connectivity index is 2.11. The molecule has 2 N–H and O–H groups in total. The molecule has 0 unspecified atom stereocenters. The summed E-state index contributed by atoms with van der Waals surface area (Å²) in [5.41, 5.74) is 1.25. The molecule has 20 heavy (non-hydrogen) atoms. The summed E-state index contributed by atoms with van der Waals surface area (Å²) in [6.45, 7) is 3.59. The van der Waals surface area contributed by atoms with E-state index in [2.05, 4.69) is 5.32 Å². The first-order chi connectivity index (χ1) is 9.75. The molecule has 0 aliphatic heterocycles. The smallest absolute Gasteiger partial charge is 0.335 e. The Kier molecular flexibility index (Phi) is 8.62. The molecule has 5 heteroatoms. The third-order valence-electron chi connectivity index (χ3n) is 2.89. The summed E-state index contributed by atoms with van der Waals surface area (Å²) in [5.74, 6) is -0.868. The monoisotopic (exact) mass is 281 g/mol. The van der Waals surface area contributed by atoms with Gasteiger partial charge in [-0.05, 0) is 37.6 Å². The van der Waals surface area contributed by atoms with Crippen molar-refractivity contribution in [1.82, 2.24) is 5.32 Å². The fourth-order valence-corrected chi connectivity index (χ4v) is 1.84. The summed E-state index contributed by atoms with van der Waals surface area (Å²) in [7, 11) is 1.65. The lowest BCUT2D eigenvalue weighted by Crippen LogP contribution is -2.20. The fourth-order valence-electron chi connectivity index (χ4n) is 1.84. The molecule has 0 spiro atoms. The van der Waals surface area contributed by atoms with Gasteiger partial charge in [0.05, 0.1) is 18.8 Å². The summed E-state index contributed by atoms with van der Waals surface area (Å²) >= 11 is 0. The standard InChI is InChI=1S/C15H23NO4/c1-19-11-12-20-10-4-8-16-9-7-13-5-2-3-6-14(13)15(17)18/h2-3,5-6,16H,4,7-12H2,1H3,(H,17,18). The van der Waals surface area contributed by atoms with Crippen LogP contribution in [0.25, 0.3) is 0 Å².